The first-order chi connectivity index (χ1) is 59.6. The highest BCUT2D eigenvalue weighted by molar-refractivity contribution is 6.30. The van der Waals surface area contributed by atoms with Crippen LogP contribution < -0.4 is 29.5 Å². The van der Waals surface area contributed by atoms with Gasteiger partial charge < -0.3 is 39.3 Å². The lowest BCUT2D eigenvalue weighted by Gasteiger charge is -2.42. The summed E-state index contributed by atoms with van der Waals surface area (Å²) in [6, 6.07) is 26.7. The molecule has 0 spiro atoms. The zero-order chi connectivity index (χ0) is 84.8. The highest BCUT2D eigenvalue weighted by atomic mass is 35.5. The molecule has 1 N–H and O–H groups in total. The average molecular weight is 1690 g/mol. The second-order valence-electron chi connectivity index (χ2n) is 37.0. The molecule has 123 heavy (non-hydrogen) atoms. The summed E-state index contributed by atoms with van der Waals surface area (Å²) in [7, 11) is 0. The molecule has 4 atom stereocenters. The van der Waals surface area contributed by atoms with Crippen LogP contribution in [0.2, 0.25) is 5.15 Å². The molecule has 4 aromatic carbocycles. The summed E-state index contributed by atoms with van der Waals surface area (Å²) in [6.07, 6.45) is 13.1. The Morgan fingerprint density at radius 2 is 0.894 bits per heavy atom. The van der Waals surface area contributed by atoms with E-state index in [4.69, 9.17) is 31.1 Å². The molecule has 10 aliphatic heterocycles. The number of aromatic nitrogens is 4. The Morgan fingerprint density at radius 1 is 0.439 bits per heavy atom. The minimum atomic E-state index is -0.843. The van der Waals surface area contributed by atoms with E-state index < -0.39 is 35.7 Å². The molecule has 12 heterocycles. The Morgan fingerprint density at radius 3 is 1.35 bits per heavy atom. The maximum absolute atomic E-state index is 13.4. The van der Waals surface area contributed by atoms with E-state index in [2.05, 4.69) is 133 Å². The van der Waals surface area contributed by atoms with Crippen molar-refractivity contribution in [1.29, 1.82) is 0 Å². The Balaban J connectivity index is 0.000000142. The summed E-state index contributed by atoms with van der Waals surface area (Å²) in [5, 5.41) is 3.90. The van der Waals surface area contributed by atoms with Gasteiger partial charge in [0.2, 0.25) is 0 Å². The van der Waals surface area contributed by atoms with Crippen molar-refractivity contribution in [3.63, 3.8) is 0 Å². The Hall–Kier alpha value is -9.65. The van der Waals surface area contributed by atoms with Crippen LogP contribution in [-0.4, -0.2) is 310 Å². The minimum absolute atomic E-state index is 0.0162. The van der Waals surface area contributed by atoms with E-state index in [1.54, 1.807) is 24.5 Å². The second kappa shape index (κ2) is 36.1. The molecule has 28 nitrogen and oxygen atoms in total. The van der Waals surface area contributed by atoms with Gasteiger partial charge in [0.05, 0.1) is 83.1 Å². The number of ether oxygens (including phenoxy) is 2. The number of benzene rings is 4. The first-order valence-electron chi connectivity index (χ1n) is 45.1. The van der Waals surface area contributed by atoms with Crippen LogP contribution in [0, 0.1) is 11.8 Å². The number of nitrogens with one attached hydrogen (secondary N) is 1. The number of piperazine rings is 4. The van der Waals surface area contributed by atoms with E-state index in [1.807, 2.05) is 30.3 Å². The lowest BCUT2D eigenvalue weighted by atomic mass is 9.92. The van der Waals surface area contributed by atoms with Crippen molar-refractivity contribution < 1.29 is 47.8 Å². The van der Waals surface area contributed by atoms with Crippen molar-refractivity contribution in [2.24, 2.45) is 21.8 Å². The smallest absolute Gasteiger partial charge is 0.262 e. The molecular weight excluding hydrogens is 1580 g/mol. The lowest BCUT2D eigenvalue weighted by molar-refractivity contribution is -0.134. The van der Waals surface area contributed by atoms with Gasteiger partial charge in [0, 0.05) is 190 Å². The van der Waals surface area contributed by atoms with Gasteiger partial charge in [0.25, 0.3) is 23.6 Å². The summed E-state index contributed by atoms with van der Waals surface area (Å²) in [5.74, 6) is 1.62. The van der Waals surface area contributed by atoms with Crippen molar-refractivity contribution in [2.45, 2.75) is 166 Å². The number of piperidine rings is 2. The molecule has 0 radical (unpaired) electrons. The van der Waals surface area contributed by atoms with Gasteiger partial charge in [-0.05, 0) is 202 Å². The third-order valence-corrected chi connectivity index (χ3v) is 28.5. The number of fused-ring (bicyclic) bond motifs is 4. The number of imide groups is 2. The number of rotatable bonds is 21. The SMILES string of the molecule is CC1(Oc2ccc3c(c2)C(c2cc(Cl)ncn2)=NC3)CC1.C[C@H]1CN(c2cc(C3=NCc4ccc(OC5(C)CC5)cc43)ncn2)CCN1CCN1CCC(CN2CCN(c3ccc4c(c3)C(=O)N(C3CCC(=O)CC3=O)C4=O)CC2)CC1.C[C@H]1CNCCN1CCN1CCC(CN2CCN(c3ccc4c(c3)C(=O)N(C3CCC(=O)CC3=O)C4=O)CC2)CC1. The highest BCUT2D eigenvalue weighted by Gasteiger charge is 2.48. The summed E-state index contributed by atoms with van der Waals surface area (Å²) in [6.45, 7) is 35.4. The van der Waals surface area contributed by atoms with Crippen molar-refractivity contribution in [1.82, 2.24) is 64.5 Å². The van der Waals surface area contributed by atoms with Gasteiger partial charge in [-0.2, -0.15) is 0 Å². The van der Waals surface area contributed by atoms with Crippen LogP contribution in [0.5, 0.6) is 11.5 Å². The number of hydrogen-bond acceptors (Lipinski definition) is 26. The van der Waals surface area contributed by atoms with E-state index >= 15 is 0 Å². The van der Waals surface area contributed by atoms with E-state index in [9.17, 15) is 38.4 Å². The second-order valence-corrected chi connectivity index (χ2v) is 37.4. The fraction of sp³-hybridized carbons (Fsp3) is 0.553. The number of amides is 4. The molecule has 10 fully saturated rings. The number of likely N-dealkylation sites (tertiary alicyclic amines) is 2. The highest BCUT2D eigenvalue weighted by Crippen LogP contribution is 2.43. The van der Waals surface area contributed by atoms with Gasteiger partial charge in [-0.15, -0.1) is 0 Å². The topological polar surface area (TPSA) is 279 Å². The molecule has 0 bridgehead atoms. The Labute approximate surface area is 725 Å². The molecule has 20 rings (SSSR count). The summed E-state index contributed by atoms with van der Waals surface area (Å²) >= 11 is 5.95. The van der Waals surface area contributed by atoms with Gasteiger partial charge >= 0.3 is 0 Å². The van der Waals surface area contributed by atoms with Gasteiger partial charge in [0.1, 0.15) is 57.9 Å². The molecule has 29 heteroatoms. The number of anilines is 3. The van der Waals surface area contributed by atoms with Crippen LogP contribution >= 0.6 is 11.6 Å². The lowest BCUT2D eigenvalue weighted by Crippen LogP contribution is -2.54. The number of ketones is 4. The van der Waals surface area contributed by atoms with E-state index in [0.717, 1.165) is 235 Å². The number of Topliss-reactive ketones (excluding diaryl/α,β-unsaturated/α-hetero) is 4. The monoisotopic (exact) mass is 1690 g/mol. The summed E-state index contributed by atoms with van der Waals surface area (Å²) < 4.78 is 12.3. The molecule has 4 amide bonds. The van der Waals surface area contributed by atoms with Crippen LogP contribution in [0.4, 0.5) is 17.2 Å². The van der Waals surface area contributed by atoms with Gasteiger partial charge in [-0.1, -0.05) is 23.7 Å². The fourth-order valence-corrected chi connectivity index (χ4v) is 20.2. The van der Waals surface area contributed by atoms with Crippen LogP contribution in [-0.2, 0) is 32.3 Å². The predicted octanol–water partition coefficient (Wildman–Crippen LogP) is 8.60. The maximum atomic E-state index is 13.4. The van der Waals surface area contributed by atoms with Gasteiger partial charge in [0.15, 0.2) is 11.6 Å². The third-order valence-electron chi connectivity index (χ3n) is 28.3. The molecule has 4 saturated carbocycles. The zero-order valence-corrected chi connectivity index (χ0v) is 72.3. The van der Waals surface area contributed by atoms with Crippen molar-refractivity contribution >= 4 is 87.0 Å². The number of aliphatic imine (C=N–C) groups is 2. The normalized spacial score (nSPS) is 24.7. The molecule has 6 aromatic rings. The first-order valence-corrected chi connectivity index (χ1v) is 45.4. The van der Waals surface area contributed by atoms with E-state index in [0.29, 0.717) is 58.5 Å². The van der Waals surface area contributed by atoms with Crippen LogP contribution in [0.1, 0.15) is 193 Å². The number of carbonyl (C=O) groups is 8. The summed E-state index contributed by atoms with van der Waals surface area (Å²) in [5.41, 5.74) is 11.3. The maximum Gasteiger partial charge on any atom is 0.262 e. The van der Waals surface area contributed by atoms with Crippen molar-refractivity contribution in [2.75, 3.05) is 172 Å². The molecule has 14 aliphatic rings. The van der Waals surface area contributed by atoms with Crippen LogP contribution in [0.15, 0.2) is 108 Å². The Kier molecular flexibility index (Phi) is 24.7. The predicted molar refractivity (Wildman–Crippen MR) is 469 cm³/mol. The van der Waals surface area contributed by atoms with E-state index in [1.165, 1.54) is 69.3 Å². The van der Waals surface area contributed by atoms with E-state index in [-0.39, 0.29) is 72.9 Å². The van der Waals surface area contributed by atoms with Gasteiger partial charge in [-0.25, -0.2) is 19.9 Å². The minimum Gasteiger partial charge on any atom is -0.488 e. The summed E-state index contributed by atoms with van der Waals surface area (Å²) in [4.78, 5) is 153. The van der Waals surface area contributed by atoms with Crippen molar-refractivity contribution in [3.8, 4) is 11.5 Å². The largest absolute Gasteiger partial charge is 0.488 e. The quantitative estimate of drug-likeness (QED) is 0.0401. The number of halogens is 1. The van der Waals surface area contributed by atoms with Gasteiger partial charge in [-0.3, -0.25) is 77.7 Å². The molecule has 648 valence electrons. The Bertz CT molecular complexity index is 5120. The molecule has 2 unspecified atom stereocenters. The molecule has 2 aromatic heterocycles. The number of hydrogen-bond donors (Lipinski definition) is 1. The standard InChI is InChI=1S/C47H57N9O5.C31H44N6O4.C16H14ClN3O/c1-31-28-55(43-26-40(49-30-50-43)44-38-25-36(61-47(2)11-12-47)6-3-33(38)27-48-44)22-21-53(31)18-15-51-13-9-32(10-14-51)29-52-16-19-54(20-17-52)34-4-7-37-39(23-34)46(60)56(45(37)59)41-8-5-35(57)24-42(41)58;1-22-20-32-8-11-35(22)15-12-33-9-6-23(7-10-33)21-34-13-16-36(17-14-34)24-2-4-26-27(18-24)31(41)37(30(26)40)28-5-3-25(38)19-29(28)39;1-16(4-5-16)21-11-3-2-10-8-18-15(12(10)6-11)13-7-14(17)20-9-19-13/h3-4,6-7,23,25-26,30-32,41H,5,8-22,24,27-29H2,1-2H3;2,4,18,22-23,28,32H,3,5-17,19-21H2,1H3;2-3,6-7,9H,4-5,8H2,1H3/t31-,41?;22-,28?;/m00./s1. The van der Waals surface area contributed by atoms with Crippen molar-refractivity contribution in [3.05, 3.63) is 159 Å². The first kappa shape index (κ1) is 84.2. The molecule has 6 saturated heterocycles. The average Bonchev–Trinajstić information content (AvgIpc) is 1.83. The van der Waals surface area contributed by atoms with Crippen LogP contribution in [0.25, 0.3) is 0 Å². The van der Waals surface area contributed by atoms with Crippen LogP contribution in [0.3, 0.4) is 0 Å². The third kappa shape index (κ3) is 19.0. The molecular formula is C94H115ClN18O10. The number of nitrogens with zero attached hydrogens (tertiary/aromatic N) is 17. The molecule has 4 aliphatic carbocycles. The zero-order valence-electron chi connectivity index (χ0n) is 71.5. The number of carbonyl (C=O) groups excluding carboxylic acids is 8. The fourth-order valence-electron chi connectivity index (χ4n) is 20.0.